The summed E-state index contributed by atoms with van der Waals surface area (Å²) in [5.41, 5.74) is 8.77. The highest BCUT2D eigenvalue weighted by atomic mass is 79.9. The lowest BCUT2D eigenvalue weighted by Crippen LogP contribution is -1.91. The predicted octanol–water partition coefficient (Wildman–Crippen LogP) is 13.8. The van der Waals surface area contributed by atoms with Crippen molar-refractivity contribution < 1.29 is 24.1 Å². The van der Waals surface area contributed by atoms with Crippen molar-refractivity contribution in [2.75, 3.05) is 35.0 Å². The van der Waals surface area contributed by atoms with Crippen molar-refractivity contribution in [3.63, 3.8) is 0 Å². The number of methoxy groups -OCH3 is 4. The van der Waals surface area contributed by atoms with E-state index in [1.807, 2.05) is 103 Å². The molecule has 0 atom stereocenters. The fraction of sp³-hybridized carbons (Fsp3) is 0.236. The molecule has 0 fully saturated rings. The summed E-state index contributed by atoms with van der Waals surface area (Å²) in [7, 11) is 6.58. The van der Waals surface area contributed by atoms with E-state index in [2.05, 4.69) is 102 Å². The van der Waals surface area contributed by atoms with E-state index in [1.54, 1.807) is 53.5 Å². The molecule has 0 amide bonds. The van der Waals surface area contributed by atoms with E-state index in [0.717, 1.165) is 51.9 Å². The Labute approximate surface area is 403 Å². The van der Waals surface area contributed by atoms with Crippen molar-refractivity contribution in [1.29, 1.82) is 0 Å². The van der Waals surface area contributed by atoms with Crippen molar-refractivity contribution >= 4 is 47.8 Å². The lowest BCUT2D eigenvalue weighted by molar-refractivity contribution is 0.288. The fourth-order valence-corrected chi connectivity index (χ4v) is 6.84. The number of halogens is 3. The third kappa shape index (κ3) is 26.8. The molecule has 5 aromatic rings. The van der Waals surface area contributed by atoms with Gasteiger partial charge in [-0.15, -0.1) is 24.7 Å². The highest BCUT2D eigenvalue weighted by Gasteiger charge is 2.00. The molecule has 0 aliphatic carbocycles. The SMILES string of the molecule is C#CCc1ccccc1CC=COC.C#CCc1ccccc1CC=COC.COC=CCc1ccccc1Br.COC=CCc1ccccc1Br.OCCCc1ccccc1Br. The number of aryl methyl sites for hydroxylation is 1. The molecule has 0 bridgehead atoms. The van der Waals surface area contributed by atoms with Crippen molar-refractivity contribution in [2.45, 2.75) is 51.4 Å². The largest absolute Gasteiger partial charge is 0.505 e. The number of benzene rings is 5. The van der Waals surface area contributed by atoms with Crippen LogP contribution in [0.2, 0.25) is 0 Å². The minimum Gasteiger partial charge on any atom is -0.505 e. The zero-order valence-corrected chi connectivity index (χ0v) is 41.7. The van der Waals surface area contributed by atoms with Crippen LogP contribution >= 0.6 is 47.8 Å². The maximum Gasteiger partial charge on any atom is 0.0788 e. The summed E-state index contributed by atoms with van der Waals surface area (Å²) in [5, 5.41) is 8.60. The molecule has 0 heterocycles. The van der Waals surface area contributed by atoms with E-state index in [-0.39, 0.29) is 6.61 Å². The average Bonchev–Trinajstić information content (AvgIpc) is 3.30. The Morgan fingerprint density at radius 1 is 0.429 bits per heavy atom. The van der Waals surface area contributed by atoms with E-state index in [4.69, 9.17) is 36.9 Å². The molecular weight excluding hydrogens is 980 g/mol. The molecule has 63 heavy (non-hydrogen) atoms. The van der Waals surface area contributed by atoms with Crippen molar-refractivity contribution in [2.24, 2.45) is 0 Å². The standard InChI is InChI=1S/2C13H14O.2C10H11BrO.C9H11BrO/c2*1-3-7-12-8-4-5-9-13(12)10-6-11-14-2;2*1-12-8-4-6-9-5-2-3-7-10(9)11;10-9-6-2-1-4-8(9)5-3-7-11/h2*1,4-6,8-9,11H,7,10H2,2H3;2*2-5,7-8H,6H2,1H3;1-2,4,6,11H,3,5,7H2. The van der Waals surface area contributed by atoms with Crippen molar-refractivity contribution in [1.82, 2.24) is 0 Å². The average molecular weight is 1040 g/mol. The first-order valence-electron chi connectivity index (χ1n) is 20.3. The summed E-state index contributed by atoms with van der Waals surface area (Å²) >= 11 is 10.4. The van der Waals surface area contributed by atoms with Gasteiger partial charge in [-0.05, 0) is 120 Å². The van der Waals surface area contributed by atoms with Crippen LogP contribution in [-0.4, -0.2) is 40.2 Å². The minimum absolute atomic E-state index is 0.265. The third-order valence-corrected chi connectivity index (χ3v) is 10.9. The second-order valence-corrected chi connectivity index (χ2v) is 15.7. The monoisotopic (exact) mass is 1040 g/mol. The molecule has 0 spiro atoms. The summed E-state index contributed by atoms with van der Waals surface area (Å²) in [5.74, 6) is 5.32. The molecule has 5 aromatic carbocycles. The normalized spacial score (nSPS) is 10.2. The summed E-state index contributed by atoms with van der Waals surface area (Å²) in [6.45, 7) is 0.265. The first-order valence-corrected chi connectivity index (χ1v) is 22.7. The predicted molar refractivity (Wildman–Crippen MR) is 275 cm³/mol. The minimum atomic E-state index is 0.265. The van der Waals surface area contributed by atoms with Gasteiger partial charge in [-0.25, -0.2) is 0 Å². The smallest absolute Gasteiger partial charge is 0.0788 e. The van der Waals surface area contributed by atoms with Crippen LogP contribution in [-0.2, 0) is 63.9 Å². The Bertz CT molecular complexity index is 2030. The quantitative estimate of drug-likeness (QED) is 0.0743. The van der Waals surface area contributed by atoms with E-state index >= 15 is 0 Å². The van der Waals surface area contributed by atoms with Gasteiger partial charge in [0.15, 0.2) is 0 Å². The lowest BCUT2D eigenvalue weighted by atomic mass is 10.0. The molecule has 0 radical (unpaired) electrons. The topological polar surface area (TPSA) is 57.2 Å². The zero-order valence-electron chi connectivity index (χ0n) is 36.9. The molecule has 0 unspecified atom stereocenters. The Balaban J connectivity index is 0.000000395. The van der Waals surface area contributed by atoms with Gasteiger partial charge in [-0.1, -0.05) is 151 Å². The number of aliphatic hydroxyl groups excluding tert-OH is 1. The number of hydrogen-bond acceptors (Lipinski definition) is 5. The Hall–Kier alpha value is -5.22. The van der Waals surface area contributed by atoms with E-state index < -0.39 is 0 Å². The molecule has 0 aromatic heterocycles. The van der Waals surface area contributed by atoms with Gasteiger partial charge in [-0.3, -0.25) is 0 Å². The van der Waals surface area contributed by atoms with Crippen LogP contribution in [0.5, 0.6) is 0 Å². The van der Waals surface area contributed by atoms with Gasteiger partial charge in [0.1, 0.15) is 0 Å². The Morgan fingerprint density at radius 2 is 0.698 bits per heavy atom. The van der Waals surface area contributed by atoms with Gasteiger partial charge in [0, 0.05) is 32.9 Å². The fourth-order valence-electron chi connectivity index (χ4n) is 5.46. The lowest BCUT2D eigenvalue weighted by Gasteiger charge is -2.03. The molecule has 0 aliphatic heterocycles. The number of rotatable bonds is 17. The van der Waals surface area contributed by atoms with E-state index in [0.29, 0.717) is 12.8 Å². The summed E-state index contributed by atoms with van der Waals surface area (Å²) in [4.78, 5) is 0. The molecule has 0 saturated heterocycles. The highest BCUT2D eigenvalue weighted by molar-refractivity contribution is 9.11. The maximum absolute atomic E-state index is 8.60. The number of terminal acetylenes is 2. The van der Waals surface area contributed by atoms with Crippen LogP contribution in [0.15, 0.2) is 184 Å². The summed E-state index contributed by atoms with van der Waals surface area (Å²) in [6, 6.07) is 40.8. The Morgan fingerprint density at radius 3 is 0.984 bits per heavy atom. The van der Waals surface area contributed by atoms with Crippen LogP contribution in [0, 0.1) is 24.7 Å². The maximum atomic E-state index is 8.60. The molecule has 332 valence electrons. The summed E-state index contributed by atoms with van der Waals surface area (Å²) in [6.07, 6.45) is 32.0. The molecule has 5 rings (SSSR count). The first-order chi connectivity index (χ1) is 30.8. The second-order valence-electron chi connectivity index (χ2n) is 13.1. The van der Waals surface area contributed by atoms with E-state index in [9.17, 15) is 0 Å². The van der Waals surface area contributed by atoms with Gasteiger partial charge in [-0.2, -0.15) is 0 Å². The van der Waals surface area contributed by atoms with Gasteiger partial charge in [0.25, 0.3) is 0 Å². The highest BCUT2D eigenvalue weighted by Crippen LogP contribution is 2.18. The molecule has 0 aliphatic rings. The molecule has 0 saturated carbocycles. The van der Waals surface area contributed by atoms with Gasteiger partial charge in [0.05, 0.1) is 53.5 Å². The zero-order chi connectivity index (χ0) is 46.2. The first kappa shape index (κ1) is 55.8. The van der Waals surface area contributed by atoms with Crippen molar-refractivity contribution in [3.05, 3.63) is 223 Å². The second kappa shape index (κ2) is 38.5. The third-order valence-electron chi connectivity index (χ3n) is 8.58. The number of aliphatic hydroxyl groups is 1. The van der Waals surface area contributed by atoms with Crippen molar-refractivity contribution in [3.8, 4) is 24.7 Å². The molecule has 8 heteroatoms. The van der Waals surface area contributed by atoms with Gasteiger partial charge < -0.3 is 24.1 Å². The van der Waals surface area contributed by atoms with Crippen LogP contribution < -0.4 is 0 Å². The number of allylic oxidation sites excluding steroid dienone is 4. The Kier molecular flexibility index (Phi) is 34.1. The van der Waals surface area contributed by atoms with E-state index in [1.165, 1.54) is 38.9 Å². The van der Waals surface area contributed by atoms with Crippen LogP contribution in [0.3, 0.4) is 0 Å². The molecular formula is C55H61Br3O5. The van der Waals surface area contributed by atoms with Gasteiger partial charge in [0.2, 0.25) is 0 Å². The summed E-state index contributed by atoms with van der Waals surface area (Å²) < 4.78 is 22.7. The number of hydrogen-bond donors (Lipinski definition) is 1. The molecule has 1 N–H and O–H groups in total. The van der Waals surface area contributed by atoms with Crippen LogP contribution in [0.1, 0.15) is 45.4 Å². The number of ether oxygens (including phenoxy) is 4. The van der Waals surface area contributed by atoms with Crippen LogP contribution in [0.25, 0.3) is 0 Å². The molecule has 5 nitrogen and oxygen atoms in total. The van der Waals surface area contributed by atoms with Crippen LogP contribution in [0.4, 0.5) is 0 Å². The van der Waals surface area contributed by atoms with Gasteiger partial charge >= 0.3 is 0 Å².